The monoisotopic (exact) mass is 133 g/mol. The molecule has 0 atom stereocenters. The molecule has 0 unspecified atom stereocenters. The maximum atomic E-state index is 8.81. The second-order valence-electron chi connectivity index (χ2n) is 1.19. The first-order chi connectivity index (χ1) is 3.83. The highest BCUT2D eigenvalue weighted by atomic mass is 16.1. The predicted octanol–water partition coefficient (Wildman–Crippen LogP) is 1.46. The molecule has 0 rings (SSSR count). The fourth-order valence-corrected chi connectivity index (χ4v) is 0.250. The largest absolute Gasteiger partial charge is 0.317 e. The van der Waals surface area contributed by atoms with Gasteiger partial charge in [0.25, 0.3) is 0 Å². The van der Waals surface area contributed by atoms with Gasteiger partial charge in [-0.1, -0.05) is 21.3 Å². The minimum absolute atomic E-state index is 0. The van der Waals surface area contributed by atoms with Crippen LogP contribution in [0.2, 0.25) is 0 Å². The predicted molar refractivity (Wildman–Crippen MR) is 42.7 cm³/mol. The quantitative estimate of drug-likeness (QED) is 0.578. The molecule has 0 aromatic rings. The van der Waals surface area contributed by atoms with E-state index >= 15 is 0 Å². The van der Waals surface area contributed by atoms with Crippen LogP contribution in [0, 0.1) is 0 Å². The van der Waals surface area contributed by atoms with Crippen LogP contribution in [0.15, 0.2) is 0 Å². The Balaban J connectivity index is -0.0000000800. The molecule has 58 valence electrons. The smallest absolute Gasteiger partial charge is 0.116 e. The first kappa shape index (κ1) is 15.9. The topological polar surface area (TPSA) is 29.1 Å². The lowest BCUT2D eigenvalue weighted by Gasteiger charge is -1.86. The third kappa shape index (κ3) is 91.0. The van der Waals surface area contributed by atoms with Crippen molar-refractivity contribution in [2.75, 3.05) is 13.1 Å². The van der Waals surface area contributed by atoms with Crippen LogP contribution < -0.4 is 5.32 Å². The van der Waals surface area contributed by atoms with Crippen molar-refractivity contribution in [1.29, 1.82) is 0 Å². The molecule has 0 saturated heterocycles. The summed E-state index contributed by atoms with van der Waals surface area (Å²) in [5.41, 5.74) is 0. The number of aldehydes is 1. The van der Waals surface area contributed by atoms with Gasteiger partial charge in [-0.25, -0.2) is 0 Å². The Morgan fingerprint density at radius 2 is 1.56 bits per heavy atom. The van der Waals surface area contributed by atoms with E-state index in [0.717, 1.165) is 19.4 Å². The highest BCUT2D eigenvalue weighted by Gasteiger charge is 1.62. The number of hydrogen-bond donors (Lipinski definition) is 1. The maximum absolute atomic E-state index is 8.81. The lowest BCUT2D eigenvalue weighted by molar-refractivity contribution is -0.106. The summed E-state index contributed by atoms with van der Waals surface area (Å²) >= 11 is 0. The molecule has 0 aromatic carbocycles. The zero-order chi connectivity index (χ0) is 6.83. The third-order valence-electron chi connectivity index (χ3n) is 0.500. The first-order valence-electron chi connectivity index (χ1n) is 2.93. The minimum Gasteiger partial charge on any atom is -0.317 e. The van der Waals surface area contributed by atoms with E-state index in [9.17, 15) is 0 Å². The molecular formula is C7H19NO. The van der Waals surface area contributed by atoms with Crippen LogP contribution in [-0.4, -0.2) is 19.4 Å². The molecule has 2 nitrogen and oxygen atoms in total. The number of nitrogens with one attached hydrogen (secondary N) is 1. The van der Waals surface area contributed by atoms with Crippen LogP contribution in [-0.2, 0) is 4.79 Å². The number of carbonyl (C=O) groups is 1. The van der Waals surface area contributed by atoms with Gasteiger partial charge in [-0.3, -0.25) is 0 Å². The summed E-state index contributed by atoms with van der Waals surface area (Å²) in [6.45, 7) is 7.83. The summed E-state index contributed by atoms with van der Waals surface area (Å²) in [7, 11) is 0. The Kier molecular flexibility index (Phi) is 44.8. The molecule has 0 amide bonds. The van der Waals surface area contributed by atoms with Crippen LogP contribution in [0.1, 0.15) is 28.2 Å². The summed E-state index contributed by atoms with van der Waals surface area (Å²) in [4.78, 5) is 8.81. The molecule has 0 aliphatic rings. The zero-order valence-corrected chi connectivity index (χ0v) is 5.90. The van der Waals surface area contributed by atoms with E-state index in [2.05, 4.69) is 19.2 Å². The van der Waals surface area contributed by atoms with Crippen molar-refractivity contribution in [1.82, 2.24) is 5.32 Å². The molecule has 0 saturated carbocycles. The van der Waals surface area contributed by atoms with Gasteiger partial charge in [0.05, 0.1) is 0 Å². The van der Waals surface area contributed by atoms with E-state index in [1.807, 2.05) is 0 Å². The second-order valence-corrected chi connectivity index (χ2v) is 1.19. The Hall–Kier alpha value is -0.370. The van der Waals surface area contributed by atoms with Crippen molar-refractivity contribution in [3.63, 3.8) is 0 Å². The van der Waals surface area contributed by atoms with Crippen LogP contribution in [0.3, 0.4) is 0 Å². The normalized spacial score (nSPS) is 6.11. The summed E-state index contributed by atoms with van der Waals surface area (Å²) in [5, 5.41) is 3.11. The van der Waals surface area contributed by atoms with Gasteiger partial charge in [-0.2, -0.15) is 0 Å². The number of carbonyl (C=O) groups excluding carboxylic acids is 1. The molecule has 2 heteroatoms. The summed E-state index contributed by atoms with van der Waals surface area (Å²) in [6, 6.07) is 0. The molecule has 0 radical (unpaired) electrons. The molecule has 1 N–H and O–H groups in total. The van der Waals surface area contributed by atoms with E-state index < -0.39 is 0 Å². The van der Waals surface area contributed by atoms with Gasteiger partial charge in [0.1, 0.15) is 6.29 Å². The van der Waals surface area contributed by atoms with Crippen molar-refractivity contribution in [3.05, 3.63) is 0 Å². The molecule has 0 aliphatic heterocycles. The van der Waals surface area contributed by atoms with Gasteiger partial charge in [0.2, 0.25) is 0 Å². The Morgan fingerprint density at radius 1 is 1.33 bits per heavy atom. The SMILES string of the molecule is C.CC=O.CCNCC. The van der Waals surface area contributed by atoms with Gasteiger partial charge in [-0.05, 0) is 20.0 Å². The van der Waals surface area contributed by atoms with E-state index in [4.69, 9.17) is 4.79 Å². The van der Waals surface area contributed by atoms with Gasteiger partial charge in [0.15, 0.2) is 0 Å². The van der Waals surface area contributed by atoms with E-state index in [-0.39, 0.29) is 7.43 Å². The van der Waals surface area contributed by atoms with E-state index in [1.54, 1.807) is 0 Å². The highest BCUT2D eigenvalue weighted by molar-refractivity contribution is 5.44. The Labute approximate surface area is 58.7 Å². The first-order valence-corrected chi connectivity index (χ1v) is 2.93. The summed E-state index contributed by atoms with van der Waals surface area (Å²) in [5.74, 6) is 0. The third-order valence-corrected chi connectivity index (χ3v) is 0.500. The molecule has 0 bridgehead atoms. The van der Waals surface area contributed by atoms with Gasteiger partial charge < -0.3 is 10.1 Å². The Bertz CT molecular complexity index is 35.9. The van der Waals surface area contributed by atoms with Crippen molar-refractivity contribution >= 4 is 6.29 Å². The van der Waals surface area contributed by atoms with E-state index in [1.165, 1.54) is 6.92 Å². The van der Waals surface area contributed by atoms with Gasteiger partial charge >= 0.3 is 0 Å². The van der Waals surface area contributed by atoms with Crippen molar-refractivity contribution in [2.45, 2.75) is 28.2 Å². The molecular weight excluding hydrogens is 114 g/mol. The lowest BCUT2D eigenvalue weighted by Crippen LogP contribution is -2.09. The molecule has 9 heavy (non-hydrogen) atoms. The van der Waals surface area contributed by atoms with Gasteiger partial charge in [-0.15, -0.1) is 0 Å². The average molecular weight is 133 g/mol. The number of hydrogen-bond acceptors (Lipinski definition) is 2. The average Bonchev–Trinajstić information content (AvgIpc) is 1.71. The Morgan fingerprint density at radius 3 is 1.56 bits per heavy atom. The lowest BCUT2D eigenvalue weighted by atomic mass is 10.7. The summed E-state index contributed by atoms with van der Waals surface area (Å²) < 4.78 is 0. The fourth-order valence-electron chi connectivity index (χ4n) is 0.250. The van der Waals surface area contributed by atoms with Crippen molar-refractivity contribution in [2.24, 2.45) is 0 Å². The minimum atomic E-state index is 0. The molecule has 0 fully saturated rings. The van der Waals surface area contributed by atoms with Crippen LogP contribution in [0.4, 0.5) is 0 Å². The van der Waals surface area contributed by atoms with Gasteiger partial charge in [0, 0.05) is 0 Å². The molecule has 0 heterocycles. The summed E-state index contributed by atoms with van der Waals surface area (Å²) in [6.07, 6.45) is 0.750. The van der Waals surface area contributed by atoms with E-state index in [0.29, 0.717) is 0 Å². The van der Waals surface area contributed by atoms with Crippen molar-refractivity contribution in [3.8, 4) is 0 Å². The molecule has 0 aliphatic carbocycles. The fraction of sp³-hybridized carbons (Fsp3) is 0.857. The van der Waals surface area contributed by atoms with Crippen molar-refractivity contribution < 1.29 is 4.79 Å². The molecule has 0 spiro atoms. The highest BCUT2D eigenvalue weighted by Crippen LogP contribution is 1.47. The molecule has 0 aromatic heterocycles. The second kappa shape index (κ2) is 25.5. The zero-order valence-electron chi connectivity index (χ0n) is 5.90. The van der Waals surface area contributed by atoms with Crippen LogP contribution in [0.25, 0.3) is 0 Å². The standard InChI is InChI=1S/C4H11N.C2H4O.CH4/c1-3-5-4-2;1-2-3;/h5H,3-4H2,1-2H3;2H,1H3;1H4. The maximum Gasteiger partial charge on any atom is 0.116 e. The number of rotatable bonds is 2. The van der Waals surface area contributed by atoms with Crippen LogP contribution >= 0.6 is 0 Å². The van der Waals surface area contributed by atoms with Crippen LogP contribution in [0.5, 0.6) is 0 Å².